The first-order valence-electron chi connectivity index (χ1n) is 17.6. The van der Waals surface area contributed by atoms with Gasteiger partial charge in [-0.05, 0) is 102 Å². The molecule has 24 nitrogen and oxygen atoms in total. The minimum Gasteiger partial charge on any atom is -0.505 e. The van der Waals surface area contributed by atoms with Crippen molar-refractivity contribution in [1.82, 2.24) is 29.9 Å². The third-order valence-electron chi connectivity index (χ3n) is 7.71. The molecule has 0 saturated carbocycles. The number of aryl methyl sites for hydroxylation is 1. The van der Waals surface area contributed by atoms with Gasteiger partial charge in [0.1, 0.15) is 17.6 Å². The number of thioether (sulfide) groups is 1. The lowest BCUT2D eigenvalue weighted by atomic mass is 10.0. The van der Waals surface area contributed by atoms with Gasteiger partial charge in [0.15, 0.2) is 10.9 Å². The maximum Gasteiger partial charge on any atom is 0.313 e. The van der Waals surface area contributed by atoms with Crippen LogP contribution in [-0.2, 0) is 32.8 Å². The first-order valence-corrected chi connectivity index (χ1v) is 21.6. The first-order chi connectivity index (χ1) is 31.9. The van der Waals surface area contributed by atoms with Gasteiger partial charge in [-0.3, -0.25) is 9.59 Å². The second-order valence-corrected chi connectivity index (χ2v) is 15.7. The molecule has 0 spiro atoms. The van der Waals surface area contributed by atoms with Crippen LogP contribution in [0, 0.1) is 6.92 Å². The molecule has 0 unspecified atom stereocenters. The fraction of sp³-hybridized carbons (Fsp3) is 0.0556. The number of phenolic OH excluding ortho intramolecular Hbond substituents is 1. The first kappa shape index (κ1) is 49.2. The number of azo groups is 1. The molecule has 0 aliphatic heterocycles. The number of nitrogens with one attached hydrogen (secondary N) is 3. The smallest absolute Gasteiger partial charge is 0.313 e. The number of aliphatic carboxylic acids is 1. The number of rotatable bonds is 22. The molecule has 0 fully saturated rings. The predicted octanol–water partition coefficient (Wildman–Crippen LogP) is 10.3. The van der Waals surface area contributed by atoms with Crippen LogP contribution >= 0.6 is 71.1 Å². The number of aromatic hydroxyl groups is 1. The van der Waals surface area contributed by atoms with Gasteiger partial charge in [0.05, 0.1) is 57.9 Å². The number of anilines is 6. The topological polar surface area (TPSA) is 321 Å². The summed E-state index contributed by atoms with van der Waals surface area (Å²) in [6.45, 7) is 4.99. The number of carboxylic acid groups (broad SMARTS) is 1. The molecule has 0 radical (unpaired) electrons. The number of aliphatic imine (C=N–C) groups is 1. The van der Waals surface area contributed by atoms with Crippen LogP contribution in [0.1, 0.15) is 15.9 Å². The summed E-state index contributed by atoms with van der Waals surface area (Å²) in [6.07, 6.45) is 1.08. The SMILES string of the molecule is C=COOSC=C=NC(=O)c1ccc(Nc2nc(Cl)nc(Nc3cc(SOOO)cc4cc(C)c(N=Nc5cc(Nc6nc(Cl)nc(SCC(=O)O)n6)ccc5SOOO)c(O)c34)n2)cc1. The van der Waals surface area contributed by atoms with Gasteiger partial charge in [-0.15, -0.1) is 23.2 Å². The highest BCUT2D eigenvalue weighted by atomic mass is 35.5. The van der Waals surface area contributed by atoms with Gasteiger partial charge >= 0.3 is 5.97 Å². The van der Waals surface area contributed by atoms with E-state index >= 15 is 0 Å². The van der Waals surface area contributed by atoms with Crippen LogP contribution in [0.2, 0.25) is 10.6 Å². The molecule has 6 rings (SSSR count). The van der Waals surface area contributed by atoms with Crippen molar-refractivity contribution in [3.8, 4) is 5.75 Å². The second-order valence-electron chi connectivity index (χ2n) is 12.0. The van der Waals surface area contributed by atoms with Crippen molar-refractivity contribution >= 4 is 146 Å². The van der Waals surface area contributed by atoms with Gasteiger partial charge in [-0.25, -0.2) is 10.5 Å². The minimum atomic E-state index is -1.08. The van der Waals surface area contributed by atoms with Gasteiger partial charge in [-0.1, -0.05) is 28.4 Å². The number of hydrogen-bond donors (Lipinski definition) is 7. The quantitative estimate of drug-likeness (QED) is 0.00486. The summed E-state index contributed by atoms with van der Waals surface area (Å²) < 4.78 is 13.9. The fourth-order valence-electron chi connectivity index (χ4n) is 5.21. The summed E-state index contributed by atoms with van der Waals surface area (Å²) in [5, 5.41) is 65.5. The Labute approximate surface area is 397 Å². The maximum atomic E-state index is 12.4. The standard InChI is InChI=1S/C36H26Cl2N12O12S4/c1-3-57-60-64-11-10-39-30(54)18-4-6-20(7-5-18)40-33-43-31(37)44-35(47-33)42-24-15-22(65-61-58-55)13-19-12-17(2)28(29(53)27(19)24)50-49-23-14-21(8-9-25(23)66-62-59-56)41-34-45-32(38)46-36(48-34)63-16-26(51)52/h3-9,11-15,53,55-56H,1,16H2,2H3,(H,51,52)(H,41,45,46,48)(H2,40,42,43,44,47). The van der Waals surface area contributed by atoms with E-state index in [0.29, 0.717) is 51.3 Å². The second kappa shape index (κ2) is 24.4. The third-order valence-corrected chi connectivity index (χ3v) is 10.4. The van der Waals surface area contributed by atoms with Crippen molar-refractivity contribution in [3.05, 3.63) is 101 Å². The lowest BCUT2D eigenvalue weighted by Crippen LogP contribution is -2.05. The van der Waals surface area contributed by atoms with Crippen LogP contribution < -0.4 is 16.0 Å². The Bertz CT molecular complexity index is 2850. The summed E-state index contributed by atoms with van der Waals surface area (Å²) >= 11 is 15.2. The molecule has 2 heterocycles. The van der Waals surface area contributed by atoms with E-state index in [9.17, 15) is 14.7 Å². The van der Waals surface area contributed by atoms with Crippen LogP contribution in [0.4, 0.5) is 46.3 Å². The van der Waals surface area contributed by atoms with Crippen molar-refractivity contribution in [3.63, 3.8) is 0 Å². The summed E-state index contributed by atoms with van der Waals surface area (Å²) in [5.41, 5.74) is 1.87. The van der Waals surface area contributed by atoms with Crippen LogP contribution in [0.5, 0.6) is 5.75 Å². The molecule has 1 amide bonds. The molecule has 0 atom stereocenters. The van der Waals surface area contributed by atoms with Crippen LogP contribution in [0.25, 0.3) is 10.8 Å². The number of benzene rings is 4. The van der Waals surface area contributed by atoms with Gasteiger partial charge in [0.25, 0.3) is 5.91 Å². The van der Waals surface area contributed by atoms with Crippen molar-refractivity contribution in [2.45, 2.75) is 21.9 Å². The normalized spacial score (nSPS) is 11.0. The Morgan fingerprint density at radius 2 is 1.52 bits per heavy atom. The maximum absolute atomic E-state index is 12.4. The summed E-state index contributed by atoms with van der Waals surface area (Å²) in [4.78, 5) is 57.2. The molecule has 0 aliphatic rings. The number of carboxylic acids is 1. The summed E-state index contributed by atoms with van der Waals surface area (Å²) in [5.74, 6) is -0.00270. The Morgan fingerprint density at radius 3 is 2.24 bits per heavy atom. The Balaban J connectivity index is 1.30. The number of aromatic nitrogens is 6. The van der Waals surface area contributed by atoms with Crippen molar-refractivity contribution < 1.29 is 58.3 Å². The van der Waals surface area contributed by atoms with Gasteiger partial charge < -0.3 is 31.1 Å². The zero-order valence-electron chi connectivity index (χ0n) is 32.8. The van der Waals surface area contributed by atoms with E-state index in [1.54, 1.807) is 37.3 Å². The minimum absolute atomic E-state index is 0.00483. The molecule has 6 aromatic rings. The molecule has 4 aromatic carbocycles. The van der Waals surface area contributed by atoms with E-state index in [1.165, 1.54) is 35.7 Å². The molecular weight excluding hydrogens is 992 g/mol. The van der Waals surface area contributed by atoms with E-state index in [1.807, 2.05) is 0 Å². The number of amides is 1. The zero-order chi connectivity index (χ0) is 47.0. The van der Waals surface area contributed by atoms with Gasteiger partial charge in [-0.2, -0.15) is 34.9 Å². The molecule has 340 valence electrons. The Hall–Kier alpha value is -6.21. The van der Waals surface area contributed by atoms with Crippen molar-refractivity contribution in [2.75, 3.05) is 21.7 Å². The average molecular weight is 1020 g/mol. The van der Waals surface area contributed by atoms with E-state index in [2.05, 4.69) is 101 Å². The monoisotopic (exact) mass is 1020 g/mol. The molecule has 0 bridgehead atoms. The number of carbonyl (C=O) groups is 2. The van der Waals surface area contributed by atoms with Crippen LogP contribution in [-0.4, -0.2) is 74.1 Å². The van der Waals surface area contributed by atoms with Crippen molar-refractivity contribution in [2.24, 2.45) is 15.2 Å². The number of fused-ring (bicyclic) bond motifs is 1. The molecular formula is C36H26Cl2N12O12S4. The highest BCUT2D eigenvalue weighted by molar-refractivity contribution is 7.99. The summed E-state index contributed by atoms with van der Waals surface area (Å²) in [7, 11) is 0. The average Bonchev–Trinajstić information content (AvgIpc) is 3.28. The Kier molecular flexibility index (Phi) is 18.2. The highest BCUT2D eigenvalue weighted by Crippen LogP contribution is 2.45. The predicted molar refractivity (Wildman–Crippen MR) is 243 cm³/mol. The van der Waals surface area contributed by atoms with Crippen LogP contribution in [0.3, 0.4) is 0 Å². The Morgan fingerprint density at radius 1 is 0.833 bits per heavy atom. The van der Waals surface area contributed by atoms with Crippen LogP contribution in [0.15, 0.2) is 109 Å². The van der Waals surface area contributed by atoms with E-state index in [-0.39, 0.29) is 78.0 Å². The number of phenols is 1. The van der Waals surface area contributed by atoms with E-state index in [4.69, 9.17) is 38.8 Å². The number of nitrogens with zero attached hydrogens (tertiary/aromatic N) is 9. The third kappa shape index (κ3) is 14.1. The lowest BCUT2D eigenvalue weighted by Gasteiger charge is -2.15. The molecule has 66 heavy (non-hydrogen) atoms. The molecule has 0 aliphatic carbocycles. The number of carbonyl (C=O) groups excluding carboxylic acids is 1. The highest BCUT2D eigenvalue weighted by Gasteiger charge is 2.19. The zero-order valence-corrected chi connectivity index (χ0v) is 37.6. The molecule has 0 saturated heterocycles. The fourth-order valence-corrected chi connectivity index (χ4v) is 7.23. The van der Waals surface area contributed by atoms with Gasteiger partial charge in [0.2, 0.25) is 28.4 Å². The number of halogens is 2. The van der Waals surface area contributed by atoms with E-state index in [0.717, 1.165) is 30.1 Å². The van der Waals surface area contributed by atoms with Crippen molar-refractivity contribution in [1.29, 1.82) is 0 Å². The molecule has 7 N–H and O–H groups in total. The number of hydrogen-bond acceptors (Lipinski definition) is 26. The molecule has 2 aromatic heterocycles. The lowest BCUT2D eigenvalue weighted by molar-refractivity contribution is -0.432. The van der Waals surface area contributed by atoms with Gasteiger partial charge in [0, 0.05) is 33.1 Å². The summed E-state index contributed by atoms with van der Waals surface area (Å²) in [6, 6.07) is 15.6. The largest absolute Gasteiger partial charge is 0.505 e. The van der Waals surface area contributed by atoms with E-state index < -0.39 is 11.9 Å². The molecule has 30 heteroatoms.